The van der Waals surface area contributed by atoms with Crippen LogP contribution in [-0.4, -0.2) is 21.5 Å². The predicted octanol–water partition coefficient (Wildman–Crippen LogP) is 2.52. The van der Waals surface area contributed by atoms with Crippen molar-refractivity contribution in [3.8, 4) is 0 Å². The van der Waals surface area contributed by atoms with Crippen LogP contribution in [0, 0.1) is 6.92 Å². The van der Waals surface area contributed by atoms with Gasteiger partial charge in [-0.1, -0.05) is 6.92 Å². The summed E-state index contributed by atoms with van der Waals surface area (Å²) in [6.07, 6.45) is 7.25. The third-order valence-corrected chi connectivity index (χ3v) is 3.62. The quantitative estimate of drug-likeness (QED) is 0.869. The SMILES string of the molecule is CCCNC(Cc1nc(C)cs1)c1cnccn1. The molecule has 5 heteroatoms. The number of hydrogen-bond donors (Lipinski definition) is 1. The molecule has 1 N–H and O–H groups in total. The number of thiazole rings is 1. The maximum Gasteiger partial charge on any atom is 0.0947 e. The van der Waals surface area contributed by atoms with Crippen LogP contribution in [0.25, 0.3) is 0 Å². The van der Waals surface area contributed by atoms with Crippen LogP contribution in [0.15, 0.2) is 24.0 Å². The Bertz CT molecular complexity index is 469. The summed E-state index contributed by atoms with van der Waals surface area (Å²) >= 11 is 1.71. The summed E-state index contributed by atoms with van der Waals surface area (Å²) in [6.45, 7) is 5.16. The monoisotopic (exact) mass is 262 g/mol. The molecule has 0 saturated heterocycles. The minimum atomic E-state index is 0.198. The van der Waals surface area contributed by atoms with Gasteiger partial charge >= 0.3 is 0 Å². The second-order valence-electron chi connectivity index (χ2n) is 4.22. The molecule has 96 valence electrons. The summed E-state index contributed by atoms with van der Waals surface area (Å²) in [4.78, 5) is 13.0. The van der Waals surface area contributed by atoms with E-state index in [4.69, 9.17) is 0 Å². The Balaban J connectivity index is 2.10. The Morgan fingerprint density at radius 1 is 1.39 bits per heavy atom. The fourth-order valence-electron chi connectivity index (χ4n) is 1.76. The van der Waals surface area contributed by atoms with Crippen molar-refractivity contribution in [3.05, 3.63) is 40.4 Å². The largest absolute Gasteiger partial charge is 0.308 e. The van der Waals surface area contributed by atoms with E-state index in [0.29, 0.717) is 0 Å². The van der Waals surface area contributed by atoms with Crippen molar-refractivity contribution < 1.29 is 0 Å². The molecule has 1 atom stereocenters. The van der Waals surface area contributed by atoms with Crippen molar-refractivity contribution in [1.82, 2.24) is 20.3 Å². The lowest BCUT2D eigenvalue weighted by Gasteiger charge is -2.16. The first kappa shape index (κ1) is 13.1. The fraction of sp³-hybridized carbons (Fsp3) is 0.462. The lowest BCUT2D eigenvalue weighted by molar-refractivity contribution is 0.515. The highest BCUT2D eigenvalue weighted by Crippen LogP contribution is 2.18. The minimum Gasteiger partial charge on any atom is -0.308 e. The van der Waals surface area contributed by atoms with Gasteiger partial charge in [-0.25, -0.2) is 4.98 Å². The van der Waals surface area contributed by atoms with E-state index in [-0.39, 0.29) is 6.04 Å². The van der Waals surface area contributed by atoms with Gasteiger partial charge in [0.15, 0.2) is 0 Å². The van der Waals surface area contributed by atoms with Gasteiger partial charge in [-0.2, -0.15) is 0 Å². The van der Waals surface area contributed by atoms with Crippen molar-refractivity contribution in [2.75, 3.05) is 6.54 Å². The Morgan fingerprint density at radius 3 is 2.89 bits per heavy atom. The highest BCUT2D eigenvalue weighted by molar-refractivity contribution is 7.09. The third kappa shape index (κ3) is 3.58. The van der Waals surface area contributed by atoms with Crippen molar-refractivity contribution >= 4 is 11.3 Å². The molecule has 0 saturated carbocycles. The van der Waals surface area contributed by atoms with E-state index in [2.05, 4.69) is 32.6 Å². The number of aryl methyl sites for hydroxylation is 1. The van der Waals surface area contributed by atoms with Crippen LogP contribution < -0.4 is 5.32 Å². The van der Waals surface area contributed by atoms with E-state index < -0.39 is 0 Å². The lowest BCUT2D eigenvalue weighted by atomic mass is 10.1. The standard InChI is InChI=1S/C13H18N4S/c1-3-4-15-11(12-8-14-5-6-16-12)7-13-17-10(2)9-18-13/h5-6,8-9,11,15H,3-4,7H2,1-2H3. The van der Waals surface area contributed by atoms with Gasteiger partial charge in [-0.3, -0.25) is 9.97 Å². The minimum absolute atomic E-state index is 0.198. The summed E-state index contributed by atoms with van der Waals surface area (Å²) in [6, 6.07) is 0.198. The molecule has 0 aliphatic heterocycles. The molecule has 0 radical (unpaired) electrons. The van der Waals surface area contributed by atoms with E-state index in [0.717, 1.165) is 35.8 Å². The molecular weight excluding hydrogens is 244 g/mol. The van der Waals surface area contributed by atoms with Gasteiger partial charge in [-0.15, -0.1) is 11.3 Å². The number of aromatic nitrogens is 3. The maximum atomic E-state index is 4.51. The molecule has 1 unspecified atom stereocenters. The number of nitrogens with one attached hydrogen (secondary N) is 1. The Morgan fingerprint density at radius 2 is 2.28 bits per heavy atom. The topological polar surface area (TPSA) is 50.7 Å². The van der Waals surface area contributed by atoms with E-state index in [1.165, 1.54) is 0 Å². The van der Waals surface area contributed by atoms with Gasteiger partial charge in [-0.05, 0) is 19.9 Å². The molecule has 0 aliphatic rings. The molecule has 18 heavy (non-hydrogen) atoms. The van der Waals surface area contributed by atoms with Crippen LogP contribution in [-0.2, 0) is 6.42 Å². The average Bonchev–Trinajstić information content (AvgIpc) is 2.81. The normalized spacial score (nSPS) is 12.6. The van der Waals surface area contributed by atoms with Crippen LogP contribution in [0.3, 0.4) is 0 Å². The van der Waals surface area contributed by atoms with Gasteiger partial charge < -0.3 is 5.32 Å². The molecule has 2 heterocycles. The van der Waals surface area contributed by atoms with Crippen LogP contribution in [0.1, 0.15) is 35.8 Å². The summed E-state index contributed by atoms with van der Waals surface area (Å²) in [5.41, 5.74) is 2.07. The Labute approximate surface area is 112 Å². The van der Waals surface area contributed by atoms with Gasteiger partial charge in [0.25, 0.3) is 0 Å². The zero-order chi connectivity index (χ0) is 12.8. The summed E-state index contributed by atoms with van der Waals surface area (Å²) < 4.78 is 0. The highest BCUT2D eigenvalue weighted by Gasteiger charge is 2.14. The van der Waals surface area contributed by atoms with Gasteiger partial charge in [0.2, 0.25) is 0 Å². The van der Waals surface area contributed by atoms with Gasteiger partial charge in [0, 0.05) is 36.1 Å². The molecular formula is C13H18N4S. The zero-order valence-electron chi connectivity index (χ0n) is 10.8. The van der Waals surface area contributed by atoms with Gasteiger partial charge in [0.05, 0.1) is 16.7 Å². The van der Waals surface area contributed by atoms with Crippen LogP contribution >= 0.6 is 11.3 Å². The Hall–Kier alpha value is -1.33. The first-order valence-corrected chi connectivity index (χ1v) is 7.08. The molecule has 0 fully saturated rings. The smallest absolute Gasteiger partial charge is 0.0947 e. The first-order chi connectivity index (χ1) is 8.79. The number of hydrogen-bond acceptors (Lipinski definition) is 5. The number of rotatable bonds is 6. The molecule has 0 spiro atoms. The van der Waals surface area contributed by atoms with E-state index in [9.17, 15) is 0 Å². The molecule has 4 nitrogen and oxygen atoms in total. The lowest BCUT2D eigenvalue weighted by Crippen LogP contribution is -2.25. The third-order valence-electron chi connectivity index (χ3n) is 2.63. The van der Waals surface area contributed by atoms with Crippen LogP contribution in [0.2, 0.25) is 0 Å². The summed E-state index contributed by atoms with van der Waals surface area (Å²) in [5, 5.41) is 6.74. The van der Waals surface area contributed by atoms with Crippen LogP contribution in [0.4, 0.5) is 0 Å². The molecule has 2 aromatic rings. The first-order valence-electron chi connectivity index (χ1n) is 6.20. The second-order valence-corrected chi connectivity index (χ2v) is 5.17. The summed E-state index contributed by atoms with van der Waals surface area (Å²) in [7, 11) is 0. The number of nitrogens with zero attached hydrogens (tertiary/aromatic N) is 3. The van der Waals surface area contributed by atoms with Crippen LogP contribution in [0.5, 0.6) is 0 Å². The molecule has 2 rings (SSSR count). The maximum absolute atomic E-state index is 4.51. The zero-order valence-corrected chi connectivity index (χ0v) is 11.6. The Kier molecular flexibility index (Phi) is 4.78. The fourth-order valence-corrected chi connectivity index (χ4v) is 2.58. The van der Waals surface area contributed by atoms with E-state index in [1.54, 1.807) is 23.7 Å². The van der Waals surface area contributed by atoms with E-state index >= 15 is 0 Å². The molecule has 0 aliphatic carbocycles. The molecule has 0 bridgehead atoms. The van der Waals surface area contributed by atoms with Crippen molar-refractivity contribution in [3.63, 3.8) is 0 Å². The highest BCUT2D eigenvalue weighted by atomic mass is 32.1. The van der Waals surface area contributed by atoms with Crippen molar-refractivity contribution in [2.45, 2.75) is 32.7 Å². The second kappa shape index (κ2) is 6.56. The predicted molar refractivity (Wildman–Crippen MR) is 73.6 cm³/mol. The molecule has 0 amide bonds. The van der Waals surface area contributed by atoms with E-state index in [1.807, 2.05) is 13.1 Å². The van der Waals surface area contributed by atoms with Gasteiger partial charge in [0.1, 0.15) is 0 Å². The summed E-state index contributed by atoms with van der Waals surface area (Å²) in [5.74, 6) is 0. The van der Waals surface area contributed by atoms with Crippen molar-refractivity contribution in [2.24, 2.45) is 0 Å². The molecule has 0 aromatic carbocycles. The molecule has 2 aromatic heterocycles. The van der Waals surface area contributed by atoms with Crippen molar-refractivity contribution in [1.29, 1.82) is 0 Å². The average molecular weight is 262 g/mol.